The van der Waals surface area contributed by atoms with Crippen LogP contribution >= 0.6 is 0 Å². The Morgan fingerprint density at radius 1 is 1.16 bits per heavy atom. The van der Waals surface area contributed by atoms with Crippen molar-refractivity contribution in [2.45, 2.75) is 12.1 Å². The summed E-state index contributed by atoms with van der Waals surface area (Å²) in [6, 6.07) is 8.09. The third-order valence-electron chi connectivity index (χ3n) is 2.39. The van der Waals surface area contributed by atoms with Crippen molar-refractivity contribution in [1.82, 2.24) is 4.98 Å². The van der Waals surface area contributed by atoms with E-state index in [-0.39, 0.29) is 0 Å². The second-order valence-electron chi connectivity index (χ2n) is 3.65. The predicted molar refractivity (Wildman–Crippen MR) is 61.5 cm³/mol. The molecule has 0 radical (unpaired) electrons. The van der Waals surface area contributed by atoms with Crippen LogP contribution in [-0.4, -0.2) is 18.9 Å². The Morgan fingerprint density at radius 2 is 1.84 bits per heavy atom. The molecule has 2 aromatic rings. The van der Waals surface area contributed by atoms with Crippen molar-refractivity contribution in [3.63, 3.8) is 0 Å². The van der Waals surface area contributed by atoms with Gasteiger partial charge in [0.15, 0.2) is 0 Å². The summed E-state index contributed by atoms with van der Waals surface area (Å²) in [6.07, 6.45) is 1.38. The number of para-hydroxylation sites is 1. The molecule has 0 atom stereocenters. The van der Waals surface area contributed by atoms with E-state index in [2.05, 4.69) is 9.17 Å². The minimum Gasteiger partial charge on any atom is -0.258 e. The van der Waals surface area contributed by atoms with E-state index in [0.717, 1.165) is 0 Å². The second kappa shape index (κ2) is 4.78. The maximum absolute atomic E-state index is 12.1. The SMILES string of the molecule is O=S(=O)(OCc1ccnc2ccccc12)C(F)(F)F. The molecular weight excluding hydrogens is 283 g/mol. The van der Waals surface area contributed by atoms with Crippen LogP contribution in [0.2, 0.25) is 0 Å². The number of hydrogen-bond donors (Lipinski definition) is 0. The van der Waals surface area contributed by atoms with Crippen LogP contribution in [-0.2, 0) is 20.9 Å². The Bertz CT molecular complexity index is 692. The monoisotopic (exact) mass is 291 g/mol. The van der Waals surface area contributed by atoms with Gasteiger partial charge in [-0.15, -0.1) is 0 Å². The second-order valence-corrected chi connectivity index (χ2v) is 5.26. The van der Waals surface area contributed by atoms with Gasteiger partial charge in [-0.1, -0.05) is 18.2 Å². The van der Waals surface area contributed by atoms with Crippen LogP contribution in [0.4, 0.5) is 13.2 Å². The van der Waals surface area contributed by atoms with Gasteiger partial charge in [-0.2, -0.15) is 21.6 Å². The zero-order chi connectivity index (χ0) is 14.1. The van der Waals surface area contributed by atoms with E-state index >= 15 is 0 Å². The molecule has 0 bridgehead atoms. The molecule has 19 heavy (non-hydrogen) atoms. The highest BCUT2D eigenvalue weighted by atomic mass is 32.2. The van der Waals surface area contributed by atoms with Gasteiger partial charge in [-0.3, -0.25) is 9.17 Å². The summed E-state index contributed by atoms with van der Waals surface area (Å²) in [5.41, 5.74) is -4.55. The summed E-state index contributed by atoms with van der Waals surface area (Å²) in [6.45, 7) is -0.690. The van der Waals surface area contributed by atoms with Gasteiger partial charge >= 0.3 is 15.6 Å². The van der Waals surface area contributed by atoms with Crippen molar-refractivity contribution in [3.8, 4) is 0 Å². The summed E-state index contributed by atoms with van der Waals surface area (Å²) >= 11 is 0. The molecule has 4 nitrogen and oxygen atoms in total. The van der Waals surface area contributed by atoms with Crippen molar-refractivity contribution in [1.29, 1.82) is 0 Å². The zero-order valence-corrected chi connectivity index (χ0v) is 10.2. The average Bonchev–Trinajstić information content (AvgIpc) is 2.35. The van der Waals surface area contributed by atoms with Gasteiger partial charge in [0.05, 0.1) is 12.1 Å². The quantitative estimate of drug-likeness (QED) is 0.644. The summed E-state index contributed by atoms with van der Waals surface area (Å²) in [4.78, 5) is 4.01. The highest BCUT2D eigenvalue weighted by Crippen LogP contribution is 2.26. The predicted octanol–water partition coefficient (Wildman–Crippen LogP) is 2.60. The largest absolute Gasteiger partial charge is 0.523 e. The molecule has 0 spiro atoms. The lowest BCUT2D eigenvalue weighted by Crippen LogP contribution is -2.25. The molecule has 1 heterocycles. The fraction of sp³-hybridized carbons (Fsp3) is 0.182. The maximum Gasteiger partial charge on any atom is 0.523 e. The Balaban J connectivity index is 2.29. The van der Waals surface area contributed by atoms with Gasteiger partial charge in [-0.05, 0) is 17.7 Å². The molecule has 1 aromatic carbocycles. The molecule has 0 fully saturated rings. The number of aromatic nitrogens is 1. The molecule has 0 unspecified atom stereocenters. The lowest BCUT2D eigenvalue weighted by Gasteiger charge is -2.09. The molecule has 8 heteroatoms. The van der Waals surface area contributed by atoms with Crippen LogP contribution in [0.1, 0.15) is 5.56 Å². The van der Waals surface area contributed by atoms with E-state index in [4.69, 9.17) is 0 Å². The van der Waals surface area contributed by atoms with Crippen LogP contribution in [0.15, 0.2) is 36.5 Å². The van der Waals surface area contributed by atoms with Gasteiger partial charge in [0.25, 0.3) is 0 Å². The number of pyridine rings is 1. The summed E-state index contributed by atoms with van der Waals surface area (Å²) in [5.74, 6) is 0. The van der Waals surface area contributed by atoms with Gasteiger partial charge in [0.1, 0.15) is 0 Å². The van der Waals surface area contributed by atoms with E-state index in [1.165, 1.54) is 12.3 Å². The fourth-order valence-electron chi connectivity index (χ4n) is 1.49. The first-order valence-corrected chi connectivity index (χ1v) is 6.50. The molecule has 0 aliphatic heterocycles. The minimum absolute atomic E-state index is 0.318. The number of alkyl halides is 3. The number of halogens is 3. The van der Waals surface area contributed by atoms with Crippen molar-refractivity contribution >= 4 is 21.0 Å². The highest BCUT2D eigenvalue weighted by Gasteiger charge is 2.47. The molecule has 1 aromatic heterocycles. The molecule has 0 aliphatic carbocycles. The molecular formula is C11H8F3NO3S. The van der Waals surface area contributed by atoms with Gasteiger partial charge in [0, 0.05) is 11.6 Å². The van der Waals surface area contributed by atoms with Crippen molar-refractivity contribution in [2.24, 2.45) is 0 Å². The third-order valence-corrected chi connectivity index (χ3v) is 3.39. The lowest BCUT2D eigenvalue weighted by atomic mass is 10.1. The van der Waals surface area contributed by atoms with Crippen molar-refractivity contribution in [2.75, 3.05) is 0 Å². The third kappa shape index (κ3) is 2.85. The smallest absolute Gasteiger partial charge is 0.258 e. The normalized spacial score (nSPS) is 12.8. The lowest BCUT2D eigenvalue weighted by molar-refractivity contribution is -0.0547. The molecule has 0 saturated heterocycles. The molecule has 0 saturated carbocycles. The van der Waals surface area contributed by atoms with E-state index in [1.54, 1.807) is 24.3 Å². The minimum atomic E-state index is -5.58. The molecule has 0 amide bonds. The molecule has 0 N–H and O–H groups in total. The fourth-order valence-corrected chi connectivity index (χ4v) is 1.90. The summed E-state index contributed by atoms with van der Waals surface area (Å²) in [5, 5.41) is 0.544. The Labute approximate surface area is 107 Å². The first-order valence-electron chi connectivity index (χ1n) is 5.09. The van der Waals surface area contributed by atoms with Gasteiger partial charge in [-0.25, -0.2) is 0 Å². The van der Waals surface area contributed by atoms with Crippen LogP contribution < -0.4 is 0 Å². The molecule has 102 valence electrons. The standard InChI is InChI=1S/C11H8F3NO3S/c12-11(13,14)19(16,17)18-7-8-5-6-15-10-4-2-1-3-9(8)10/h1-6H,7H2. The Hall–Kier alpha value is -1.67. The van der Waals surface area contributed by atoms with Crippen molar-refractivity contribution in [3.05, 3.63) is 42.1 Å². The van der Waals surface area contributed by atoms with Gasteiger partial charge < -0.3 is 0 Å². The Morgan fingerprint density at radius 3 is 2.53 bits per heavy atom. The highest BCUT2D eigenvalue weighted by molar-refractivity contribution is 7.87. The first-order chi connectivity index (χ1) is 8.81. The summed E-state index contributed by atoms with van der Waals surface area (Å²) < 4.78 is 62.0. The Kier molecular flexibility index (Phi) is 3.46. The van der Waals surface area contributed by atoms with Crippen LogP contribution in [0.5, 0.6) is 0 Å². The van der Waals surface area contributed by atoms with Gasteiger partial charge in [0.2, 0.25) is 0 Å². The maximum atomic E-state index is 12.1. The molecule has 0 aliphatic rings. The van der Waals surface area contributed by atoms with E-state index in [1.807, 2.05) is 0 Å². The van der Waals surface area contributed by atoms with E-state index in [9.17, 15) is 21.6 Å². The average molecular weight is 291 g/mol. The van der Waals surface area contributed by atoms with Crippen molar-refractivity contribution < 1.29 is 25.8 Å². The van der Waals surface area contributed by atoms with E-state index in [0.29, 0.717) is 16.5 Å². The first kappa shape index (κ1) is 13.8. The van der Waals surface area contributed by atoms with Crippen LogP contribution in [0.25, 0.3) is 10.9 Å². The zero-order valence-electron chi connectivity index (χ0n) is 9.39. The summed E-state index contributed by atoms with van der Waals surface area (Å²) in [7, 11) is -5.58. The number of fused-ring (bicyclic) bond motifs is 1. The van der Waals surface area contributed by atoms with Crippen LogP contribution in [0, 0.1) is 0 Å². The topological polar surface area (TPSA) is 56.3 Å². The number of hydrogen-bond acceptors (Lipinski definition) is 4. The number of nitrogens with zero attached hydrogens (tertiary/aromatic N) is 1. The van der Waals surface area contributed by atoms with Crippen LogP contribution in [0.3, 0.4) is 0 Å². The molecule has 2 rings (SSSR count). The number of rotatable bonds is 3. The number of benzene rings is 1. The van der Waals surface area contributed by atoms with E-state index < -0.39 is 22.2 Å².